The summed E-state index contributed by atoms with van der Waals surface area (Å²) >= 11 is 2.59. The van der Waals surface area contributed by atoms with Crippen LogP contribution in [0.4, 0.5) is 0 Å². The first-order valence-corrected chi connectivity index (χ1v) is 25.3. The summed E-state index contributed by atoms with van der Waals surface area (Å²) in [5, 5.41) is 0. The third kappa shape index (κ3) is 11.3. The molecule has 0 aromatic carbocycles. The van der Waals surface area contributed by atoms with Gasteiger partial charge in [-0.25, -0.2) is 0 Å². The zero-order chi connectivity index (χ0) is 22.0. The predicted molar refractivity (Wildman–Crippen MR) is 154 cm³/mol. The van der Waals surface area contributed by atoms with Gasteiger partial charge in [-0.15, -0.1) is 0 Å². The summed E-state index contributed by atoms with van der Waals surface area (Å²) in [6.45, 7) is 14.7. The Morgan fingerprint density at radius 3 is 0.793 bits per heavy atom. The fourth-order valence-corrected chi connectivity index (χ4v) is 74.8. The maximum atomic E-state index is 2.93. The molecule has 0 amide bonds. The minimum atomic E-state index is -1.10. The van der Waals surface area contributed by atoms with E-state index in [4.69, 9.17) is 0 Å². The Morgan fingerprint density at radius 1 is 0.448 bits per heavy atom. The van der Waals surface area contributed by atoms with Gasteiger partial charge in [0.1, 0.15) is 0 Å². The number of hydrogen-bond donors (Lipinski definition) is 0. The Kier molecular flexibility index (Phi) is 21.2. The van der Waals surface area contributed by atoms with Crippen molar-refractivity contribution in [2.45, 2.75) is 119 Å². The molecule has 0 radical (unpaired) electrons. The standard InChI is InChI=1S/2C12H27P.CH2I.Pd/c2*1-4-7-10-13(11-8-5-2)12-9-6-3;1-2;/h2*4-12H2,1-3H3;1H2;/q;;;-2/p+2. The van der Waals surface area contributed by atoms with E-state index >= 15 is 0 Å². The Labute approximate surface area is 206 Å². The van der Waals surface area contributed by atoms with E-state index in [0.29, 0.717) is 0 Å². The number of hydrogen-bond acceptors (Lipinski definition) is 0. The van der Waals surface area contributed by atoms with Gasteiger partial charge in [0.05, 0.1) is 0 Å². The molecule has 0 saturated heterocycles. The van der Waals surface area contributed by atoms with Crippen LogP contribution in [0.1, 0.15) is 119 Å². The van der Waals surface area contributed by atoms with Crippen molar-refractivity contribution in [3.05, 3.63) is 0 Å². The molecule has 0 rings (SSSR count). The Morgan fingerprint density at radius 2 is 0.655 bits per heavy atom. The Hall–Kier alpha value is 2.25. The van der Waals surface area contributed by atoms with Gasteiger partial charge >= 0.3 is 208 Å². The summed E-state index contributed by atoms with van der Waals surface area (Å²) in [4.78, 5) is 0. The quantitative estimate of drug-likeness (QED) is 0.0501. The van der Waals surface area contributed by atoms with Crippen molar-refractivity contribution >= 4 is 33.5 Å². The molecule has 0 spiro atoms. The molecule has 0 aliphatic rings. The zero-order valence-electron chi connectivity index (χ0n) is 21.1. The van der Waals surface area contributed by atoms with Gasteiger partial charge in [0.15, 0.2) is 0 Å². The van der Waals surface area contributed by atoms with Crippen molar-refractivity contribution < 1.29 is 15.8 Å². The van der Waals surface area contributed by atoms with Crippen molar-refractivity contribution in [2.75, 3.05) is 39.9 Å². The van der Waals surface area contributed by atoms with Gasteiger partial charge in [-0.2, -0.15) is 0 Å². The molecule has 0 aliphatic carbocycles. The van der Waals surface area contributed by atoms with E-state index in [1.807, 2.05) is 0 Å². The molecule has 0 fully saturated rings. The van der Waals surface area contributed by atoms with Crippen molar-refractivity contribution in [1.29, 1.82) is 0 Å². The van der Waals surface area contributed by atoms with E-state index in [0.717, 1.165) is 0 Å². The van der Waals surface area contributed by atoms with Crippen molar-refractivity contribution in [3.8, 4) is 0 Å². The summed E-state index contributed by atoms with van der Waals surface area (Å²) < 4.78 is 1.62. The van der Waals surface area contributed by atoms with E-state index in [9.17, 15) is 0 Å². The SMILES string of the molecule is CCCC[PH](CCCC)(CCCC)[Pd]([CH2]I)[PH](CCCC)(CCCC)CCCC. The fraction of sp³-hybridized carbons (Fsp3) is 1.00. The van der Waals surface area contributed by atoms with Crippen LogP contribution in [0.25, 0.3) is 0 Å². The van der Waals surface area contributed by atoms with Gasteiger partial charge in [-0.3, -0.25) is 0 Å². The second kappa shape index (κ2) is 19.7. The van der Waals surface area contributed by atoms with Crippen LogP contribution in [-0.4, -0.2) is 39.9 Å². The monoisotopic (exact) mass is 653 g/mol. The van der Waals surface area contributed by atoms with Gasteiger partial charge < -0.3 is 0 Å². The molecule has 0 saturated carbocycles. The molecule has 4 heteroatoms. The van der Waals surface area contributed by atoms with E-state index in [-0.39, 0.29) is 15.8 Å². The van der Waals surface area contributed by atoms with Crippen LogP contribution in [0, 0.1) is 0 Å². The molecule has 0 unspecified atom stereocenters. The normalized spacial score (nSPS) is 14.2. The first-order chi connectivity index (χ1) is 14.1. The third-order valence-corrected chi connectivity index (χ3v) is 56.4. The van der Waals surface area contributed by atoms with Gasteiger partial charge in [-0.1, -0.05) is 0 Å². The van der Waals surface area contributed by atoms with Crippen LogP contribution >= 0.6 is 33.5 Å². The number of unbranched alkanes of at least 4 members (excludes halogenated alkanes) is 6. The number of alkyl halides is 1. The van der Waals surface area contributed by atoms with E-state index in [1.54, 1.807) is 78.4 Å². The molecule has 0 bridgehead atoms. The summed E-state index contributed by atoms with van der Waals surface area (Å²) in [5.74, 6) is 0. The van der Waals surface area contributed by atoms with E-state index in [2.05, 4.69) is 64.1 Å². The molecular weight excluding hydrogens is 596 g/mol. The molecule has 0 aromatic heterocycles. The first-order valence-electron chi connectivity index (χ1n) is 13.2. The predicted octanol–water partition coefficient (Wildman–Crippen LogP) is 10.1. The molecule has 29 heavy (non-hydrogen) atoms. The van der Waals surface area contributed by atoms with Crippen LogP contribution < -0.4 is 0 Å². The van der Waals surface area contributed by atoms with E-state index < -0.39 is 10.9 Å². The third-order valence-electron chi connectivity index (χ3n) is 6.67. The molecule has 185 valence electrons. The summed E-state index contributed by atoms with van der Waals surface area (Å²) in [6.07, 6.45) is 28.2. The summed E-state index contributed by atoms with van der Waals surface area (Å²) in [5.41, 5.74) is -2.20. The Balaban J connectivity index is 6.22. The Bertz CT molecular complexity index is 289. The first kappa shape index (κ1) is 31.3. The maximum absolute atomic E-state index is 2.93. The second-order valence-corrected chi connectivity index (χ2v) is 37.6. The number of rotatable bonds is 21. The van der Waals surface area contributed by atoms with Crippen LogP contribution in [0.3, 0.4) is 0 Å². The average molecular weight is 654 g/mol. The fourth-order valence-electron chi connectivity index (χ4n) is 4.75. The van der Waals surface area contributed by atoms with Crippen LogP contribution in [-0.2, 0) is 15.8 Å². The van der Waals surface area contributed by atoms with Crippen molar-refractivity contribution in [1.82, 2.24) is 0 Å². The van der Waals surface area contributed by atoms with Gasteiger partial charge in [0.2, 0.25) is 0 Å². The van der Waals surface area contributed by atoms with Crippen molar-refractivity contribution in [2.24, 2.45) is 0 Å². The molecule has 0 aliphatic heterocycles. The van der Waals surface area contributed by atoms with Gasteiger partial charge in [0, 0.05) is 0 Å². The number of halogens is 1. The summed E-state index contributed by atoms with van der Waals surface area (Å²) in [6, 6.07) is 0. The molecular formula is C25H58IP2Pd. The van der Waals surface area contributed by atoms with Gasteiger partial charge in [0.25, 0.3) is 0 Å². The molecule has 0 nitrogen and oxygen atoms in total. The molecule has 0 atom stereocenters. The zero-order valence-corrected chi connectivity index (χ0v) is 26.8. The van der Waals surface area contributed by atoms with Crippen molar-refractivity contribution in [3.63, 3.8) is 0 Å². The van der Waals surface area contributed by atoms with Gasteiger partial charge in [-0.05, 0) is 0 Å². The van der Waals surface area contributed by atoms with Crippen LogP contribution in [0.15, 0.2) is 0 Å². The van der Waals surface area contributed by atoms with Crippen LogP contribution in [0.5, 0.6) is 0 Å². The topological polar surface area (TPSA) is 0 Å². The summed E-state index contributed by atoms with van der Waals surface area (Å²) in [7, 11) is 0. The van der Waals surface area contributed by atoms with E-state index in [1.165, 1.54) is 38.5 Å². The van der Waals surface area contributed by atoms with Crippen LogP contribution in [0.2, 0.25) is 0 Å². The molecule has 0 N–H and O–H groups in total. The minimum absolute atomic E-state index is 0.345. The molecule has 0 aromatic rings. The second-order valence-electron chi connectivity index (χ2n) is 9.18. The molecule has 0 heterocycles. The average Bonchev–Trinajstić information content (AvgIpc) is 2.75.